The first-order chi connectivity index (χ1) is 20.8. The molecule has 42 heavy (non-hydrogen) atoms. The summed E-state index contributed by atoms with van der Waals surface area (Å²) in [5.41, 5.74) is 9.66. The Bertz CT molecular complexity index is 2440. The molecule has 2 heterocycles. The zero-order chi connectivity index (χ0) is 28.2. The zero-order valence-electron chi connectivity index (χ0n) is 22.5. The maximum atomic E-state index is 9.96. The Morgan fingerprint density at radius 2 is 1.00 bits per heavy atom. The van der Waals surface area contributed by atoms with Crippen LogP contribution in [0.3, 0.4) is 0 Å². The molecular formula is C38H22N4. The Morgan fingerprint density at radius 3 is 1.67 bits per heavy atom. The minimum absolute atomic E-state index is 0.629. The molecule has 0 spiro atoms. The molecule has 4 heteroatoms. The molecule has 0 saturated carbocycles. The summed E-state index contributed by atoms with van der Waals surface area (Å²) in [5, 5.41) is 24.2. The van der Waals surface area contributed by atoms with E-state index in [0.717, 1.165) is 66.1 Å². The lowest BCUT2D eigenvalue weighted by Gasteiger charge is -2.11. The molecule has 194 valence electrons. The standard InChI is InChI=1S/C38H22N4/c39-23-25-10-7-12-27(22-25)41-33-18-5-2-13-30(33)37-28(15-8-20-35(37)41)29-16-9-21-36-38(29)31-14-3-6-19-34(31)42(36)32-17-4-1-11-26(32)24-40/h1-22H. The average Bonchev–Trinajstić information content (AvgIpc) is 3.58. The summed E-state index contributed by atoms with van der Waals surface area (Å²) in [6.45, 7) is 0. The van der Waals surface area contributed by atoms with Gasteiger partial charge in [-0.25, -0.2) is 0 Å². The van der Waals surface area contributed by atoms with Crippen molar-refractivity contribution >= 4 is 43.6 Å². The van der Waals surface area contributed by atoms with E-state index in [2.05, 4.69) is 112 Å². The number of rotatable bonds is 3. The monoisotopic (exact) mass is 534 g/mol. The molecule has 0 aliphatic carbocycles. The van der Waals surface area contributed by atoms with E-state index < -0.39 is 0 Å². The van der Waals surface area contributed by atoms with Gasteiger partial charge in [0.15, 0.2) is 0 Å². The summed E-state index contributed by atoms with van der Waals surface area (Å²) in [7, 11) is 0. The number of para-hydroxylation sites is 3. The van der Waals surface area contributed by atoms with Crippen molar-refractivity contribution < 1.29 is 0 Å². The van der Waals surface area contributed by atoms with Crippen LogP contribution in [0.2, 0.25) is 0 Å². The Hall–Kier alpha value is -6.10. The van der Waals surface area contributed by atoms with E-state index in [0.29, 0.717) is 11.1 Å². The fourth-order valence-corrected chi connectivity index (χ4v) is 6.50. The molecule has 0 bridgehead atoms. The molecule has 0 atom stereocenters. The maximum Gasteiger partial charge on any atom is 0.101 e. The summed E-state index contributed by atoms with van der Waals surface area (Å²) in [4.78, 5) is 0. The van der Waals surface area contributed by atoms with Crippen molar-refractivity contribution in [2.24, 2.45) is 0 Å². The van der Waals surface area contributed by atoms with Crippen LogP contribution in [0.4, 0.5) is 0 Å². The molecule has 2 aromatic heterocycles. The minimum atomic E-state index is 0.629. The van der Waals surface area contributed by atoms with Gasteiger partial charge in [0.2, 0.25) is 0 Å². The van der Waals surface area contributed by atoms with Gasteiger partial charge in [-0.15, -0.1) is 0 Å². The largest absolute Gasteiger partial charge is 0.309 e. The highest BCUT2D eigenvalue weighted by Crippen LogP contribution is 2.43. The van der Waals surface area contributed by atoms with E-state index in [1.807, 2.05) is 42.5 Å². The predicted octanol–water partition coefficient (Wildman–Crippen LogP) is 9.29. The number of hydrogen-bond donors (Lipinski definition) is 0. The van der Waals surface area contributed by atoms with E-state index in [-0.39, 0.29) is 0 Å². The van der Waals surface area contributed by atoms with Gasteiger partial charge in [0.05, 0.1) is 45.0 Å². The van der Waals surface area contributed by atoms with Crippen LogP contribution < -0.4 is 0 Å². The summed E-state index contributed by atoms with van der Waals surface area (Å²) in [6, 6.07) is 50.0. The van der Waals surface area contributed by atoms with Crippen molar-refractivity contribution in [1.29, 1.82) is 10.5 Å². The normalized spacial score (nSPS) is 11.3. The van der Waals surface area contributed by atoms with Gasteiger partial charge < -0.3 is 9.13 Å². The van der Waals surface area contributed by atoms with Crippen LogP contribution in [0, 0.1) is 22.7 Å². The number of benzene rings is 6. The third-order valence-corrected chi connectivity index (χ3v) is 8.18. The predicted molar refractivity (Wildman–Crippen MR) is 170 cm³/mol. The van der Waals surface area contributed by atoms with Crippen molar-refractivity contribution in [1.82, 2.24) is 9.13 Å². The summed E-state index contributed by atoms with van der Waals surface area (Å²) < 4.78 is 4.46. The molecule has 8 rings (SSSR count). The molecule has 6 aromatic carbocycles. The topological polar surface area (TPSA) is 57.4 Å². The summed E-state index contributed by atoms with van der Waals surface area (Å²) in [5.74, 6) is 0. The van der Waals surface area contributed by atoms with Crippen molar-refractivity contribution in [2.75, 3.05) is 0 Å². The third-order valence-electron chi connectivity index (χ3n) is 8.18. The number of aromatic nitrogens is 2. The Morgan fingerprint density at radius 1 is 0.452 bits per heavy atom. The van der Waals surface area contributed by atoms with Crippen molar-refractivity contribution in [2.45, 2.75) is 0 Å². The second-order valence-corrected chi connectivity index (χ2v) is 10.4. The quantitative estimate of drug-likeness (QED) is 0.227. The van der Waals surface area contributed by atoms with Crippen molar-refractivity contribution in [3.63, 3.8) is 0 Å². The Balaban J connectivity index is 1.51. The molecule has 0 fully saturated rings. The first kappa shape index (κ1) is 23.8. The summed E-state index contributed by atoms with van der Waals surface area (Å²) >= 11 is 0. The fourth-order valence-electron chi connectivity index (χ4n) is 6.50. The highest BCUT2D eigenvalue weighted by Gasteiger charge is 2.21. The lowest BCUT2D eigenvalue weighted by molar-refractivity contribution is 1.17. The summed E-state index contributed by atoms with van der Waals surface area (Å²) in [6.07, 6.45) is 0. The molecule has 4 nitrogen and oxygen atoms in total. The van der Waals surface area contributed by atoms with Crippen LogP contribution in [0.5, 0.6) is 0 Å². The van der Waals surface area contributed by atoms with Crippen LogP contribution in [-0.4, -0.2) is 9.13 Å². The van der Waals surface area contributed by atoms with Crippen LogP contribution in [0.25, 0.3) is 66.1 Å². The molecule has 0 saturated heterocycles. The Kier molecular flexibility index (Phi) is 5.22. The first-order valence-electron chi connectivity index (χ1n) is 13.8. The second-order valence-electron chi connectivity index (χ2n) is 10.4. The lowest BCUT2D eigenvalue weighted by Crippen LogP contribution is -1.97. The molecule has 0 N–H and O–H groups in total. The van der Waals surface area contributed by atoms with Gasteiger partial charge in [0, 0.05) is 27.2 Å². The van der Waals surface area contributed by atoms with Crippen LogP contribution >= 0.6 is 0 Å². The van der Waals surface area contributed by atoms with Gasteiger partial charge in [-0.1, -0.05) is 78.9 Å². The number of hydrogen-bond acceptors (Lipinski definition) is 2. The van der Waals surface area contributed by atoms with E-state index in [1.165, 1.54) is 0 Å². The van der Waals surface area contributed by atoms with Crippen molar-refractivity contribution in [3.8, 4) is 34.6 Å². The van der Waals surface area contributed by atoms with Crippen LogP contribution in [-0.2, 0) is 0 Å². The number of fused-ring (bicyclic) bond motifs is 6. The molecule has 0 amide bonds. The van der Waals surface area contributed by atoms with Gasteiger partial charge in [-0.2, -0.15) is 10.5 Å². The maximum absolute atomic E-state index is 9.96. The smallest absolute Gasteiger partial charge is 0.101 e. The lowest BCUT2D eigenvalue weighted by atomic mass is 9.95. The van der Waals surface area contributed by atoms with Gasteiger partial charge in [-0.05, 0) is 65.7 Å². The number of nitrogens with zero attached hydrogens (tertiary/aromatic N) is 4. The van der Waals surface area contributed by atoms with E-state index in [9.17, 15) is 10.5 Å². The highest BCUT2D eigenvalue weighted by atomic mass is 15.0. The van der Waals surface area contributed by atoms with Gasteiger partial charge >= 0.3 is 0 Å². The fraction of sp³-hybridized carbons (Fsp3) is 0. The van der Waals surface area contributed by atoms with Crippen molar-refractivity contribution in [3.05, 3.63) is 145 Å². The number of nitriles is 2. The molecular weight excluding hydrogens is 512 g/mol. The van der Waals surface area contributed by atoms with Crippen LogP contribution in [0.1, 0.15) is 11.1 Å². The van der Waals surface area contributed by atoms with Crippen LogP contribution in [0.15, 0.2) is 133 Å². The molecule has 0 radical (unpaired) electrons. The zero-order valence-corrected chi connectivity index (χ0v) is 22.5. The SMILES string of the molecule is N#Cc1cccc(-n2c3ccccc3c3c(-c4cccc5c4c4ccccc4n5-c4ccccc4C#N)cccc32)c1. The second kappa shape index (κ2) is 9.24. The van der Waals surface area contributed by atoms with E-state index in [1.54, 1.807) is 0 Å². The first-order valence-corrected chi connectivity index (χ1v) is 13.8. The van der Waals surface area contributed by atoms with Gasteiger partial charge in [-0.3, -0.25) is 0 Å². The molecule has 0 unspecified atom stereocenters. The Labute approximate surface area is 242 Å². The molecule has 8 aromatic rings. The average molecular weight is 535 g/mol. The van der Waals surface area contributed by atoms with Gasteiger partial charge in [0.25, 0.3) is 0 Å². The highest BCUT2D eigenvalue weighted by molar-refractivity contribution is 6.22. The van der Waals surface area contributed by atoms with Gasteiger partial charge in [0.1, 0.15) is 6.07 Å². The minimum Gasteiger partial charge on any atom is -0.309 e. The van der Waals surface area contributed by atoms with E-state index in [4.69, 9.17) is 0 Å². The molecule has 0 aliphatic heterocycles. The third kappa shape index (κ3) is 3.33. The van der Waals surface area contributed by atoms with E-state index >= 15 is 0 Å². The molecule has 0 aliphatic rings.